The van der Waals surface area contributed by atoms with Gasteiger partial charge in [0.2, 0.25) is 0 Å². The molecule has 2 aromatic heterocycles. The van der Waals surface area contributed by atoms with Crippen molar-refractivity contribution in [1.82, 2.24) is 4.98 Å². The SMILES string of the molecule is c1ccc(C2(c3ccccc3)c3ccccc3-c3ccc(N(c4ccc(-c5ccc(C67CC8CC9CC(C6)C97C8)cc5)cc4)c4cc5sc6ccccc6c5cn4)cc32)cc1. The fraction of sp³-hybridized carbons (Fsp3) is 0.190. The van der Waals surface area contributed by atoms with Crippen LogP contribution in [0.2, 0.25) is 0 Å². The van der Waals surface area contributed by atoms with Crippen LogP contribution in [0, 0.1) is 23.2 Å². The first-order valence-corrected chi connectivity index (χ1v) is 23.1. The monoisotopic (exact) mass is 800 g/mol. The summed E-state index contributed by atoms with van der Waals surface area (Å²) in [5, 5.41) is 2.47. The molecule has 0 saturated heterocycles. The van der Waals surface area contributed by atoms with Crippen molar-refractivity contribution in [2.45, 2.75) is 42.9 Å². The van der Waals surface area contributed by atoms with Gasteiger partial charge in [-0.15, -0.1) is 11.3 Å². The summed E-state index contributed by atoms with van der Waals surface area (Å²) in [4.78, 5) is 7.64. The molecule has 0 N–H and O–H groups in total. The van der Waals surface area contributed by atoms with Crippen LogP contribution in [-0.4, -0.2) is 4.98 Å². The third kappa shape index (κ3) is 4.45. The summed E-state index contributed by atoms with van der Waals surface area (Å²) in [6.07, 6.45) is 9.46. The molecule has 2 nitrogen and oxygen atoms in total. The van der Waals surface area contributed by atoms with E-state index in [0.717, 1.165) is 34.9 Å². The molecular weight excluding hydrogens is 757 g/mol. The Balaban J connectivity index is 0.910. The summed E-state index contributed by atoms with van der Waals surface area (Å²) in [6, 6.07) is 68.3. The van der Waals surface area contributed by atoms with Crippen LogP contribution in [0.4, 0.5) is 17.2 Å². The molecule has 5 atom stereocenters. The van der Waals surface area contributed by atoms with Crippen molar-refractivity contribution in [1.29, 1.82) is 0 Å². The minimum absolute atomic E-state index is 0.463. The van der Waals surface area contributed by atoms with Crippen LogP contribution in [-0.2, 0) is 10.8 Å². The van der Waals surface area contributed by atoms with Crippen LogP contribution in [0.15, 0.2) is 188 Å². The van der Waals surface area contributed by atoms with Gasteiger partial charge in [0.1, 0.15) is 5.82 Å². The lowest BCUT2D eigenvalue weighted by Crippen LogP contribution is -2.68. The van der Waals surface area contributed by atoms with Crippen molar-refractivity contribution in [3.63, 3.8) is 0 Å². The molecule has 2 heterocycles. The van der Waals surface area contributed by atoms with Gasteiger partial charge in [0.15, 0.2) is 0 Å². The highest BCUT2D eigenvalue weighted by Crippen LogP contribution is 2.86. The van der Waals surface area contributed by atoms with Gasteiger partial charge < -0.3 is 0 Å². The molecule has 5 aliphatic carbocycles. The average Bonchev–Trinajstić information content (AvgIpc) is 4.04. The number of hydrogen-bond donors (Lipinski definition) is 0. The second-order valence-corrected chi connectivity index (χ2v) is 19.9. The molecule has 5 aliphatic rings. The first kappa shape index (κ1) is 34.4. The predicted octanol–water partition coefficient (Wildman–Crippen LogP) is 15.0. The topological polar surface area (TPSA) is 16.1 Å². The van der Waals surface area contributed by atoms with E-state index in [1.165, 1.54) is 96.8 Å². The van der Waals surface area contributed by atoms with Gasteiger partial charge in [-0.1, -0.05) is 146 Å². The van der Waals surface area contributed by atoms with Crippen molar-refractivity contribution in [3.05, 3.63) is 216 Å². The molecule has 4 saturated carbocycles. The smallest absolute Gasteiger partial charge is 0.138 e. The lowest BCUT2D eigenvalue weighted by Gasteiger charge is -2.73. The molecule has 9 aromatic rings. The largest absolute Gasteiger partial charge is 0.295 e. The fourth-order valence-electron chi connectivity index (χ4n) is 14.2. The van der Waals surface area contributed by atoms with Gasteiger partial charge in [-0.3, -0.25) is 4.90 Å². The first-order chi connectivity index (χ1) is 30.1. The van der Waals surface area contributed by atoms with Crippen molar-refractivity contribution >= 4 is 48.7 Å². The number of pyridine rings is 1. The Morgan fingerprint density at radius 2 is 1.16 bits per heavy atom. The Labute approximate surface area is 361 Å². The summed E-state index contributed by atoms with van der Waals surface area (Å²) >= 11 is 1.84. The van der Waals surface area contributed by atoms with Crippen molar-refractivity contribution in [3.8, 4) is 22.3 Å². The first-order valence-electron chi connectivity index (χ1n) is 22.3. The van der Waals surface area contributed by atoms with Crippen LogP contribution in [0.5, 0.6) is 0 Å². The molecule has 2 bridgehead atoms. The summed E-state index contributed by atoms with van der Waals surface area (Å²) in [7, 11) is 0. The van der Waals surface area contributed by atoms with E-state index >= 15 is 0 Å². The third-order valence-electron chi connectivity index (χ3n) is 16.5. The van der Waals surface area contributed by atoms with Gasteiger partial charge in [0.25, 0.3) is 0 Å². The van der Waals surface area contributed by atoms with Crippen LogP contribution < -0.4 is 4.90 Å². The maximum absolute atomic E-state index is 5.27. The Morgan fingerprint density at radius 3 is 1.92 bits per heavy atom. The number of thiophene rings is 1. The third-order valence-corrected chi connectivity index (χ3v) is 17.6. The van der Waals surface area contributed by atoms with E-state index in [9.17, 15) is 0 Å². The number of hydrogen-bond acceptors (Lipinski definition) is 3. The average molecular weight is 801 g/mol. The number of nitrogens with zero attached hydrogens (tertiary/aromatic N) is 2. The van der Waals surface area contributed by atoms with Crippen LogP contribution in [0.3, 0.4) is 0 Å². The summed E-state index contributed by atoms with van der Waals surface area (Å²) in [6.45, 7) is 0. The summed E-state index contributed by atoms with van der Waals surface area (Å²) in [5.74, 6) is 3.89. The zero-order valence-electron chi connectivity index (χ0n) is 34.0. The minimum Gasteiger partial charge on any atom is -0.295 e. The Morgan fingerprint density at radius 1 is 0.492 bits per heavy atom. The molecule has 0 amide bonds. The van der Waals surface area contributed by atoms with Crippen LogP contribution in [0.25, 0.3) is 42.4 Å². The lowest BCUT2D eigenvalue weighted by molar-refractivity contribution is -0.198. The van der Waals surface area contributed by atoms with E-state index < -0.39 is 5.41 Å². The van der Waals surface area contributed by atoms with Crippen molar-refractivity contribution < 1.29 is 0 Å². The Bertz CT molecular complexity index is 3170. The van der Waals surface area contributed by atoms with E-state index in [1.807, 2.05) is 11.3 Å². The molecule has 4 fully saturated rings. The van der Waals surface area contributed by atoms with E-state index in [4.69, 9.17) is 4.98 Å². The minimum atomic E-state index is -0.494. The zero-order chi connectivity index (χ0) is 39.9. The number of benzene rings is 7. The summed E-state index contributed by atoms with van der Waals surface area (Å²) < 4.78 is 2.53. The second kappa shape index (κ2) is 12.4. The zero-order valence-corrected chi connectivity index (χ0v) is 34.8. The standard InChI is InChI=1S/C58H44N2S/c1-3-11-41(12-4-1)58(42-13-5-2-6-14-42)51-17-9-7-15-47(51)48-28-27-46(31-52(48)58)60(55-32-54-50(36-59-55)49-16-8-10-18-53(49)61-54)45-25-21-39(22-26-45)38-19-23-40(24-20-38)56-33-37-29-43-30-44(35-56)57(43,56)34-37/h1-28,31-32,36-37,43-44H,29-30,33-35H2. The van der Waals surface area contributed by atoms with E-state index in [0.29, 0.717) is 10.8 Å². The number of anilines is 3. The molecule has 292 valence electrons. The Hall–Kier alpha value is -6.29. The van der Waals surface area contributed by atoms with Gasteiger partial charge in [0, 0.05) is 43.2 Å². The van der Waals surface area contributed by atoms with Crippen molar-refractivity contribution in [2.24, 2.45) is 23.2 Å². The van der Waals surface area contributed by atoms with E-state index in [-0.39, 0.29) is 0 Å². The molecule has 3 heteroatoms. The molecule has 61 heavy (non-hydrogen) atoms. The number of fused-ring (bicyclic) bond motifs is 7. The van der Waals surface area contributed by atoms with Gasteiger partial charge in [0.05, 0.1) is 5.41 Å². The number of aromatic nitrogens is 1. The highest BCUT2D eigenvalue weighted by Gasteiger charge is 2.80. The van der Waals surface area contributed by atoms with Gasteiger partial charge in [-0.05, 0) is 142 Å². The highest BCUT2D eigenvalue weighted by molar-refractivity contribution is 7.25. The fourth-order valence-corrected chi connectivity index (χ4v) is 15.3. The van der Waals surface area contributed by atoms with E-state index in [2.05, 4.69) is 193 Å². The lowest BCUT2D eigenvalue weighted by atomic mass is 9.31. The molecule has 1 spiro atoms. The molecule has 14 rings (SSSR count). The van der Waals surface area contributed by atoms with Gasteiger partial charge >= 0.3 is 0 Å². The van der Waals surface area contributed by atoms with E-state index in [1.54, 1.807) is 5.56 Å². The van der Waals surface area contributed by atoms with Gasteiger partial charge in [-0.25, -0.2) is 4.98 Å². The molecule has 0 aliphatic heterocycles. The predicted molar refractivity (Wildman–Crippen MR) is 252 cm³/mol. The second-order valence-electron chi connectivity index (χ2n) is 18.8. The number of rotatable bonds is 7. The quantitative estimate of drug-likeness (QED) is 0.160. The highest BCUT2D eigenvalue weighted by atomic mass is 32.1. The Kier molecular flexibility index (Phi) is 7.00. The summed E-state index contributed by atoms with van der Waals surface area (Å²) in [5.41, 5.74) is 14.6. The molecular formula is C58H44N2S. The maximum Gasteiger partial charge on any atom is 0.138 e. The maximum atomic E-state index is 5.27. The van der Waals surface area contributed by atoms with Gasteiger partial charge in [-0.2, -0.15) is 0 Å². The molecule has 0 radical (unpaired) electrons. The molecule has 5 unspecified atom stereocenters. The van der Waals surface area contributed by atoms with Crippen molar-refractivity contribution in [2.75, 3.05) is 4.90 Å². The molecule has 7 aromatic carbocycles. The van der Waals surface area contributed by atoms with Crippen LogP contribution >= 0.6 is 11.3 Å². The van der Waals surface area contributed by atoms with Crippen LogP contribution in [0.1, 0.15) is 59.9 Å². The normalized spacial score (nSPS) is 24.5.